The van der Waals surface area contributed by atoms with Crippen LogP contribution in [0, 0.1) is 33.6 Å². The molecule has 2 aliphatic carbocycles. The summed E-state index contributed by atoms with van der Waals surface area (Å²) in [7, 11) is 6.98. The second-order valence-corrected chi connectivity index (χ2v) is 11.4. The van der Waals surface area contributed by atoms with E-state index in [2.05, 4.69) is 68.0 Å². The van der Waals surface area contributed by atoms with Gasteiger partial charge in [-0.3, -0.25) is 0 Å². The molecule has 36 heavy (non-hydrogen) atoms. The van der Waals surface area contributed by atoms with Gasteiger partial charge in [0.15, 0.2) is 23.0 Å². The Bertz CT molecular complexity index is 1260. The van der Waals surface area contributed by atoms with Crippen LogP contribution in [0.5, 0.6) is 23.0 Å². The van der Waals surface area contributed by atoms with Crippen LogP contribution in [-0.4, -0.2) is 28.4 Å². The zero-order chi connectivity index (χ0) is 27.0. The summed E-state index contributed by atoms with van der Waals surface area (Å²) in [5, 5.41) is 0. The largest absolute Gasteiger partial charge is 0.493 e. The van der Waals surface area contributed by atoms with Crippen LogP contribution < -0.4 is 18.9 Å². The fourth-order valence-corrected chi connectivity index (χ4v) is 8.31. The maximum Gasteiger partial charge on any atom is 0.164 e. The molecular formula is C32H44O4. The Hall–Kier alpha value is -2.62. The van der Waals surface area contributed by atoms with E-state index in [1.165, 1.54) is 33.4 Å². The van der Waals surface area contributed by atoms with Crippen molar-refractivity contribution in [3.63, 3.8) is 0 Å². The second-order valence-electron chi connectivity index (χ2n) is 11.4. The molecule has 0 saturated carbocycles. The smallest absolute Gasteiger partial charge is 0.164 e. The van der Waals surface area contributed by atoms with E-state index in [1.807, 2.05) is 0 Å². The highest BCUT2D eigenvalue weighted by Crippen LogP contribution is 2.71. The third-order valence-electron chi connectivity index (χ3n) is 10.1. The molecule has 4 unspecified atom stereocenters. The molecule has 2 aromatic rings. The van der Waals surface area contributed by atoms with Crippen molar-refractivity contribution in [1.82, 2.24) is 0 Å². The standard InChI is InChI=1S/C32H44O4/c1-14-30(8)16-32(24-19(5)28(35-12)26(33-10)17(3)22(24)30)21(7)31(9,15-2)23-18(4)27(34-11)29(36-13)20(6)25(23)32/h15,21H,2,14,16H2,1,3-13H3. The Kier molecular flexibility index (Phi) is 6.22. The molecule has 4 atom stereocenters. The van der Waals surface area contributed by atoms with Gasteiger partial charge in [-0.25, -0.2) is 0 Å². The first kappa shape index (κ1) is 26.4. The van der Waals surface area contributed by atoms with Crippen molar-refractivity contribution in [2.24, 2.45) is 5.92 Å². The molecule has 0 bridgehead atoms. The quantitative estimate of drug-likeness (QED) is 0.394. The van der Waals surface area contributed by atoms with E-state index in [9.17, 15) is 0 Å². The van der Waals surface area contributed by atoms with Crippen molar-refractivity contribution in [2.75, 3.05) is 28.4 Å². The minimum Gasteiger partial charge on any atom is -0.493 e. The highest BCUT2D eigenvalue weighted by atomic mass is 16.5. The van der Waals surface area contributed by atoms with Crippen LogP contribution >= 0.6 is 0 Å². The maximum absolute atomic E-state index is 6.02. The lowest BCUT2D eigenvalue weighted by atomic mass is 9.63. The Morgan fingerprint density at radius 2 is 1.08 bits per heavy atom. The van der Waals surface area contributed by atoms with E-state index in [4.69, 9.17) is 18.9 Å². The molecule has 2 aromatic carbocycles. The summed E-state index contributed by atoms with van der Waals surface area (Å²) >= 11 is 0. The normalized spacial score (nSPS) is 28.2. The van der Waals surface area contributed by atoms with Crippen LogP contribution in [-0.2, 0) is 16.2 Å². The average Bonchev–Trinajstić information content (AvgIpc) is 3.26. The Morgan fingerprint density at radius 3 is 1.44 bits per heavy atom. The molecule has 0 N–H and O–H groups in total. The number of rotatable bonds is 6. The van der Waals surface area contributed by atoms with E-state index in [-0.39, 0.29) is 22.2 Å². The van der Waals surface area contributed by atoms with E-state index in [0.29, 0.717) is 0 Å². The summed E-state index contributed by atoms with van der Waals surface area (Å²) in [6, 6.07) is 0. The van der Waals surface area contributed by atoms with Gasteiger partial charge in [0.1, 0.15) is 0 Å². The lowest BCUT2D eigenvalue weighted by molar-refractivity contribution is 0.250. The fraction of sp³-hybridized carbons (Fsp3) is 0.562. The molecule has 0 heterocycles. The van der Waals surface area contributed by atoms with Crippen molar-refractivity contribution >= 4 is 0 Å². The van der Waals surface area contributed by atoms with Crippen LogP contribution in [0.4, 0.5) is 0 Å². The van der Waals surface area contributed by atoms with Crippen LogP contribution in [0.2, 0.25) is 0 Å². The predicted octanol–water partition coefficient (Wildman–Crippen LogP) is 7.41. The van der Waals surface area contributed by atoms with Gasteiger partial charge in [0, 0.05) is 10.8 Å². The van der Waals surface area contributed by atoms with Crippen LogP contribution in [0.3, 0.4) is 0 Å². The molecule has 0 saturated heterocycles. The zero-order valence-corrected chi connectivity index (χ0v) is 24.4. The third-order valence-corrected chi connectivity index (χ3v) is 10.1. The minimum atomic E-state index is -0.243. The first-order valence-corrected chi connectivity index (χ1v) is 13.1. The predicted molar refractivity (Wildman–Crippen MR) is 148 cm³/mol. The number of benzene rings is 2. The van der Waals surface area contributed by atoms with Crippen molar-refractivity contribution in [1.29, 1.82) is 0 Å². The van der Waals surface area contributed by atoms with Gasteiger partial charge < -0.3 is 18.9 Å². The molecule has 0 aliphatic heterocycles. The number of allylic oxidation sites excluding steroid dienone is 1. The van der Waals surface area contributed by atoms with E-state index in [1.54, 1.807) is 28.4 Å². The summed E-state index contributed by atoms with van der Waals surface area (Å²) in [5.74, 6) is 3.60. The molecular weight excluding hydrogens is 448 g/mol. The second kappa shape index (κ2) is 8.46. The monoisotopic (exact) mass is 492 g/mol. The first-order chi connectivity index (χ1) is 16.9. The molecule has 0 amide bonds. The highest BCUT2D eigenvalue weighted by molar-refractivity contribution is 5.75. The van der Waals surface area contributed by atoms with Gasteiger partial charge >= 0.3 is 0 Å². The van der Waals surface area contributed by atoms with Crippen molar-refractivity contribution < 1.29 is 18.9 Å². The van der Waals surface area contributed by atoms with Crippen molar-refractivity contribution in [3.8, 4) is 23.0 Å². The summed E-state index contributed by atoms with van der Waals surface area (Å²) in [4.78, 5) is 0. The average molecular weight is 493 g/mol. The Labute approximate surface area is 218 Å². The van der Waals surface area contributed by atoms with Gasteiger partial charge in [0.2, 0.25) is 0 Å². The lowest BCUT2D eigenvalue weighted by Gasteiger charge is -2.39. The third kappa shape index (κ3) is 2.82. The lowest BCUT2D eigenvalue weighted by Crippen LogP contribution is -2.38. The molecule has 0 radical (unpaired) electrons. The molecule has 4 nitrogen and oxygen atoms in total. The molecule has 1 spiro atoms. The summed E-state index contributed by atoms with van der Waals surface area (Å²) in [5.41, 5.74) is 9.68. The maximum atomic E-state index is 6.02. The van der Waals surface area contributed by atoms with Gasteiger partial charge in [0.05, 0.1) is 28.4 Å². The van der Waals surface area contributed by atoms with E-state index in [0.717, 1.165) is 47.0 Å². The Morgan fingerprint density at radius 1 is 0.722 bits per heavy atom. The summed E-state index contributed by atoms with van der Waals surface area (Å²) in [6.07, 6.45) is 4.21. The summed E-state index contributed by atoms with van der Waals surface area (Å²) in [6.45, 7) is 22.7. The zero-order valence-electron chi connectivity index (χ0n) is 24.4. The highest BCUT2D eigenvalue weighted by Gasteiger charge is 2.64. The number of hydrogen-bond donors (Lipinski definition) is 0. The van der Waals surface area contributed by atoms with Gasteiger partial charge in [-0.05, 0) is 96.4 Å². The van der Waals surface area contributed by atoms with Crippen LogP contribution in [0.25, 0.3) is 0 Å². The van der Waals surface area contributed by atoms with Gasteiger partial charge in [-0.15, -0.1) is 6.58 Å². The van der Waals surface area contributed by atoms with Crippen LogP contribution in [0.15, 0.2) is 12.7 Å². The molecule has 196 valence electrons. The number of hydrogen-bond acceptors (Lipinski definition) is 4. The van der Waals surface area contributed by atoms with Gasteiger partial charge in [-0.1, -0.05) is 33.8 Å². The number of ether oxygens (including phenoxy) is 4. The molecule has 0 aromatic heterocycles. The topological polar surface area (TPSA) is 36.9 Å². The number of methoxy groups -OCH3 is 4. The summed E-state index contributed by atoms with van der Waals surface area (Å²) < 4.78 is 23.9. The molecule has 0 fully saturated rings. The molecule has 4 rings (SSSR count). The van der Waals surface area contributed by atoms with E-state index < -0.39 is 0 Å². The van der Waals surface area contributed by atoms with Crippen LogP contribution in [0.1, 0.15) is 85.0 Å². The van der Waals surface area contributed by atoms with Crippen molar-refractivity contribution in [3.05, 3.63) is 57.2 Å². The first-order valence-electron chi connectivity index (χ1n) is 13.1. The van der Waals surface area contributed by atoms with Crippen molar-refractivity contribution in [2.45, 2.75) is 84.5 Å². The molecule has 2 aliphatic rings. The number of fused-ring (bicyclic) bond motifs is 4. The molecule has 4 heteroatoms. The minimum absolute atomic E-state index is 0.0187. The Balaban J connectivity index is 2.31. The SMILES string of the molecule is C=CC1(C)c2c(C)c(OC)c(OC)c(C)c2C2(CC(C)(CC)c3c(C)c(OC)c(OC)c(C)c32)C1C. The van der Waals surface area contributed by atoms with Gasteiger partial charge in [0.25, 0.3) is 0 Å². The van der Waals surface area contributed by atoms with E-state index >= 15 is 0 Å². The fourth-order valence-electron chi connectivity index (χ4n) is 8.31. The van der Waals surface area contributed by atoms with Gasteiger partial charge in [-0.2, -0.15) is 0 Å².